The van der Waals surface area contributed by atoms with E-state index in [-0.39, 0.29) is 11.9 Å². The van der Waals surface area contributed by atoms with Crippen LogP contribution in [0.4, 0.5) is 4.39 Å². The summed E-state index contributed by atoms with van der Waals surface area (Å²) in [5, 5.41) is 3.29. The second-order valence-corrected chi connectivity index (χ2v) is 5.77. The first-order chi connectivity index (χ1) is 9.76. The molecule has 0 saturated carbocycles. The molecule has 112 valence electrons. The van der Waals surface area contributed by atoms with Crippen LogP contribution in [0.25, 0.3) is 0 Å². The fourth-order valence-electron chi connectivity index (χ4n) is 3.28. The molecule has 0 bridgehead atoms. The van der Waals surface area contributed by atoms with Gasteiger partial charge in [0.1, 0.15) is 5.82 Å². The predicted molar refractivity (Wildman–Crippen MR) is 82.3 cm³/mol. The smallest absolute Gasteiger partial charge is 0.128 e. The maximum absolute atomic E-state index is 14.0. The van der Waals surface area contributed by atoms with Crippen molar-refractivity contribution >= 4 is 0 Å². The van der Waals surface area contributed by atoms with Gasteiger partial charge in [-0.1, -0.05) is 38.0 Å². The molecule has 0 aliphatic carbocycles. The summed E-state index contributed by atoms with van der Waals surface area (Å²) < 4.78 is 14.0. The number of nitrogens with zero attached hydrogens (tertiary/aromatic N) is 1. The molecule has 0 radical (unpaired) electrons. The second-order valence-electron chi connectivity index (χ2n) is 5.77. The summed E-state index contributed by atoms with van der Waals surface area (Å²) >= 11 is 0. The third-order valence-corrected chi connectivity index (χ3v) is 4.52. The van der Waals surface area contributed by atoms with Gasteiger partial charge in [0.15, 0.2) is 0 Å². The Hall–Kier alpha value is -0.930. The molecule has 1 aliphatic heterocycles. The minimum absolute atomic E-state index is 0.0725. The average Bonchev–Trinajstić information content (AvgIpc) is 2.70. The Kier molecular flexibility index (Phi) is 5.99. The van der Waals surface area contributed by atoms with Crippen molar-refractivity contribution < 1.29 is 4.39 Å². The number of hydrogen-bond donors (Lipinski definition) is 1. The summed E-state index contributed by atoms with van der Waals surface area (Å²) in [6, 6.07) is 7.85. The van der Waals surface area contributed by atoms with Crippen molar-refractivity contribution in [2.45, 2.75) is 51.1 Å². The highest BCUT2D eigenvalue weighted by molar-refractivity contribution is 5.21. The van der Waals surface area contributed by atoms with Crippen LogP contribution in [0.5, 0.6) is 0 Å². The highest BCUT2D eigenvalue weighted by Gasteiger charge is 2.23. The molecule has 1 fully saturated rings. The van der Waals surface area contributed by atoms with E-state index in [1.807, 2.05) is 19.2 Å². The topological polar surface area (TPSA) is 15.3 Å². The zero-order valence-corrected chi connectivity index (χ0v) is 12.7. The van der Waals surface area contributed by atoms with E-state index < -0.39 is 0 Å². The monoisotopic (exact) mass is 278 g/mol. The Bertz CT molecular complexity index is 408. The lowest BCUT2D eigenvalue weighted by Crippen LogP contribution is -2.40. The summed E-state index contributed by atoms with van der Waals surface area (Å²) in [5.74, 6) is -0.102. The largest absolute Gasteiger partial charge is 0.312 e. The van der Waals surface area contributed by atoms with Crippen LogP contribution in [0, 0.1) is 5.82 Å². The van der Waals surface area contributed by atoms with Gasteiger partial charge in [-0.2, -0.15) is 0 Å². The van der Waals surface area contributed by atoms with E-state index >= 15 is 0 Å². The third-order valence-electron chi connectivity index (χ3n) is 4.52. The maximum atomic E-state index is 14.0. The van der Waals surface area contributed by atoms with Crippen molar-refractivity contribution in [2.75, 3.05) is 20.1 Å². The molecular weight excluding hydrogens is 251 g/mol. The van der Waals surface area contributed by atoms with Gasteiger partial charge in [0.25, 0.3) is 0 Å². The molecule has 2 atom stereocenters. The number of benzene rings is 1. The van der Waals surface area contributed by atoms with Crippen LogP contribution in [0.15, 0.2) is 24.3 Å². The Morgan fingerprint density at radius 2 is 2.10 bits per heavy atom. The number of likely N-dealkylation sites (N-methyl/N-ethyl adjacent to an activating group) is 1. The highest BCUT2D eigenvalue weighted by Crippen LogP contribution is 2.24. The molecule has 1 N–H and O–H groups in total. The van der Waals surface area contributed by atoms with Gasteiger partial charge in [-0.25, -0.2) is 4.39 Å². The van der Waals surface area contributed by atoms with Gasteiger partial charge in [0.05, 0.1) is 0 Å². The zero-order valence-electron chi connectivity index (χ0n) is 12.7. The van der Waals surface area contributed by atoms with E-state index in [9.17, 15) is 4.39 Å². The average molecular weight is 278 g/mol. The lowest BCUT2D eigenvalue weighted by Gasteiger charge is -2.32. The number of nitrogens with one attached hydrogen (secondary N) is 1. The van der Waals surface area contributed by atoms with Crippen molar-refractivity contribution in [3.8, 4) is 0 Å². The molecule has 1 aromatic rings. The summed E-state index contributed by atoms with van der Waals surface area (Å²) in [6.07, 6.45) is 6.40. The molecule has 2 unspecified atom stereocenters. The molecule has 1 heterocycles. The molecule has 20 heavy (non-hydrogen) atoms. The molecule has 2 nitrogen and oxygen atoms in total. The van der Waals surface area contributed by atoms with Crippen molar-refractivity contribution in [2.24, 2.45) is 0 Å². The molecule has 1 aliphatic rings. The summed E-state index contributed by atoms with van der Waals surface area (Å²) in [4.78, 5) is 2.56. The highest BCUT2D eigenvalue weighted by atomic mass is 19.1. The van der Waals surface area contributed by atoms with Crippen molar-refractivity contribution in [3.63, 3.8) is 0 Å². The minimum Gasteiger partial charge on any atom is -0.312 e. The van der Waals surface area contributed by atoms with Crippen LogP contribution in [0.3, 0.4) is 0 Å². The first-order valence-corrected chi connectivity index (χ1v) is 7.92. The summed E-state index contributed by atoms with van der Waals surface area (Å²) in [6.45, 7) is 4.31. The third kappa shape index (κ3) is 3.80. The number of likely N-dealkylation sites (tertiary alicyclic amines) is 1. The van der Waals surface area contributed by atoms with Gasteiger partial charge in [0.2, 0.25) is 0 Å². The van der Waals surface area contributed by atoms with Crippen LogP contribution in [-0.2, 0) is 0 Å². The summed E-state index contributed by atoms with van der Waals surface area (Å²) in [7, 11) is 1.93. The molecule has 0 aromatic heterocycles. The van der Waals surface area contributed by atoms with Gasteiger partial charge < -0.3 is 5.32 Å². The fourth-order valence-corrected chi connectivity index (χ4v) is 3.28. The van der Waals surface area contributed by atoms with Gasteiger partial charge in [0, 0.05) is 24.2 Å². The van der Waals surface area contributed by atoms with Crippen LogP contribution in [0.2, 0.25) is 0 Å². The van der Waals surface area contributed by atoms with Crippen LogP contribution < -0.4 is 5.32 Å². The Morgan fingerprint density at radius 1 is 1.30 bits per heavy atom. The van der Waals surface area contributed by atoms with Crippen molar-refractivity contribution in [1.29, 1.82) is 0 Å². The first kappa shape index (κ1) is 15.5. The maximum Gasteiger partial charge on any atom is 0.128 e. The number of rotatable bonds is 5. The lowest BCUT2D eigenvalue weighted by atomic mass is 10.0. The van der Waals surface area contributed by atoms with Crippen LogP contribution in [-0.4, -0.2) is 31.1 Å². The van der Waals surface area contributed by atoms with Crippen LogP contribution in [0.1, 0.15) is 50.6 Å². The zero-order chi connectivity index (χ0) is 14.4. The Morgan fingerprint density at radius 3 is 2.80 bits per heavy atom. The van der Waals surface area contributed by atoms with E-state index in [0.29, 0.717) is 6.04 Å². The molecule has 0 amide bonds. The SMILES string of the molecule is CCC1CCCCCN1CC(NC)c1ccccc1F. The normalized spacial score (nSPS) is 22.4. The standard InChI is InChI=1S/C17H27FN2/c1-3-14-9-5-4-8-12-20(14)13-17(19-2)15-10-6-7-11-16(15)18/h6-7,10-11,14,17,19H,3-5,8-9,12-13H2,1-2H3. The van der Waals surface area contributed by atoms with Crippen LogP contribution >= 0.6 is 0 Å². The quantitative estimate of drug-likeness (QED) is 0.882. The molecular formula is C17H27FN2. The molecule has 1 aromatic carbocycles. The lowest BCUT2D eigenvalue weighted by molar-refractivity contribution is 0.175. The van der Waals surface area contributed by atoms with Crippen molar-refractivity contribution in [1.82, 2.24) is 10.2 Å². The Labute approximate surface area is 122 Å². The predicted octanol–water partition coefficient (Wildman–Crippen LogP) is 3.74. The van der Waals surface area contributed by atoms with E-state index in [1.165, 1.54) is 32.1 Å². The van der Waals surface area contributed by atoms with E-state index in [2.05, 4.69) is 17.1 Å². The summed E-state index contributed by atoms with van der Waals surface area (Å²) in [5.41, 5.74) is 0.786. The van der Waals surface area contributed by atoms with Gasteiger partial charge in [-0.15, -0.1) is 0 Å². The van der Waals surface area contributed by atoms with Gasteiger partial charge in [-0.05, 0) is 38.9 Å². The van der Waals surface area contributed by atoms with Gasteiger partial charge >= 0.3 is 0 Å². The van der Waals surface area contributed by atoms with Gasteiger partial charge in [-0.3, -0.25) is 4.90 Å². The second kappa shape index (κ2) is 7.75. The Balaban J connectivity index is 2.10. The van der Waals surface area contributed by atoms with E-state index in [4.69, 9.17) is 0 Å². The number of halogens is 1. The molecule has 0 spiro atoms. The first-order valence-electron chi connectivity index (χ1n) is 7.92. The number of hydrogen-bond acceptors (Lipinski definition) is 2. The fraction of sp³-hybridized carbons (Fsp3) is 0.647. The minimum atomic E-state index is -0.102. The van der Waals surface area contributed by atoms with E-state index in [0.717, 1.165) is 18.7 Å². The van der Waals surface area contributed by atoms with Crippen molar-refractivity contribution in [3.05, 3.63) is 35.6 Å². The molecule has 3 heteroatoms. The molecule has 1 saturated heterocycles. The molecule has 2 rings (SSSR count). The van der Waals surface area contributed by atoms with E-state index in [1.54, 1.807) is 12.1 Å².